The molecule has 1 N–H and O–H groups in total. The van der Waals surface area contributed by atoms with Crippen LogP contribution in [0.4, 0.5) is 5.69 Å². The molecule has 0 fully saturated rings. The van der Waals surface area contributed by atoms with Gasteiger partial charge in [-0.1, -0.05) is 51.2 Å². The van der Waals surface area contributed by atoms with E-state index in [0.29, 0.717) is 17.0 Å². The van der Waals surface area contributed by atoms with Gasteiger partial charge in [0.1, 0.15) is 0 Å². The molecule has 1 aromatic rings. The van der Waals surface area contributed by atoms with Gasteiger partial charge < -0.3 is 0 Å². The number of hydrogen-bond donors (Lipinski definition) is 2. The van der Waals surface area contributed by atoms with Crippen LogP contribution in [-0.2, 0) is 10.0 Å². The predicted octanol–water partition coefficient (Wildman–Crippen LogP) is 4.08. The zero-order valence-corrected chi connectivity index (χ0v) is 13.1. The average molecular weight is 301 g/mol. The SMILES string of the molecule is CCCCCCCCS(=O)(=O)Nc1ccccc1S. The van der Waals surface area contributed by atoms with E-state index in [1.54, 1.807) is 18.2 Å². The third kappa shape index (κ3) is 6.87. The van der Waals surface area contributed by atoms with Gasteiger partial charge in [-0.2, -0.15) is 0 Å². The minimum absolute atomic E-state index is 0.182. The van der Waals surface area contributed by atoms with E-state index < -0.39 is 10.0 Å². The number of sulfonamides is 1. The van der Waals surface area contributed by atoms with Crippen LogP contribution in [0.15, 0.2) is 29.2 Å². The number of para-hydroxylation sites is 1. The minimum atomic E-state index is -3.25. The molecule has 0 radical (unpaired) electrons. The molecule has 0 atom stereocenters. The van der Waals surface area contributed by atoms with Crippen LogP contribution >= 0.6 is 12.6 Å². The summed E-state index contributed by atoms with van der Waals surface area (Å²) in [7, 11) is -3.25. The maximum absolute atomic E-state index is 11.9. The van der Waals surface area contributed by atoms with Gasteiger partial charge in [-0.15, -0.1) is 12.6 Å². The number of unbranched alkanes of at least 4 members (excludes halogenated alkanes) is 5. The molecule has 0 heterocycles. The van der Waals surface area contributed by atoms with Crippen molar-refractivity contribution in [1.29, 1.82) is 0 Å². The fourth-order valence-corrected chi connectivity index (χ4v) is 3.34. The van der Waals surface area contributed by atoms with E-state index in [4.69, 9.17) is 0 Å². The van der Waals surface area contributed by atoms with Gasteiger partial charge in [0, 0.05) is 4.90 Å². The first kappa shape index (κ1) is 16.4. The van der Waals surface area contributed by atoms with Gasteiger partial charge in [0.15, 0.2) is 0 Å². The number of anilines is 1. The van der Waals surface area contributed by atoms with Crippen molar-refractivity contribution >= 4 is 28.3 Å². The summed E-state index contributed by atoms with van der Waals surface area (Å²) in [6.45, 7) is 2.17. The number of benzene rings is 1. The van der Waals surface area contributed by atoms with E-state index in [9.17, 15) is 8.42 Å². The third-order valence-corrected chi connectivity index (χ3v) is 4.68. The molecular formula is C14H23NO2S2. The molecule has 5 heteroatoms. The van der Waals surface area contributed by atoms with Crippen molar-refractivity contribution in [2.24, 2.45) is 0 Å². The molecule has 108 valence electrons. The molecule has 1 aromatic carbocycles. The molecule has 0 unspecified atom stereocenters. The number of thiol groups is 1. The molecule has 0 aliphatic rings. The first-order chi connectivity index (χ1) is 9.05. The van der Waals surface area contributed by atoms with Crippen molar-refractivity contribution in [3.8, 4) is 0 Å². The Morgan fingerprint density at radius 3 is 2.37 bits per heavy atom. The number of nitrogens with one attached hydrogen (secondary N) is 1. The lowest BCUT2D eigenvalue weighted by atomic mass is 10.1. The largest absolute Gasteiger partial charge is 0.282 e. The molecular weight excluding hydrogens is 278 g/mol. The van der Waals surface area contributed by atoms with Gasteiger partial charge in [-0.25, -0.2) is 8.42 Å². The Hall–Kier alpha value is -0.680. The normalized spacial score (nSPS) is 11.5. The van der Waals surface area contributed by atoms with Crippen molar-refractivity contribution in [2.75, 3.05) is 10.5 Å². The van der Waals surface area contributed by atoms with Crippen molar-refractivity contribution in [2.45, 2.75) is 50.3 Å². The molecule has 0 aliphatic heterocycles. The van der Waals surface area contributed by atoms with E-state index >= 15 is 0 Å². The van der Waals surface area contributed by atoms with E-state index in [1.165, 1.54) is 19.3 Å². The summed E-state index contributed by atoms with van der Waals surface area (Å²) in [5.41, 5.74) is 0.553. The summed E-state index contributed by atoms with van der Waals surface area (Å²) >= 11 is 4.23. The lowest BCUT2D eigenvalue weighted by Crippen LogP contribution is -2.17. The van der Waals surface area contributed by atoms with Crippen LogP contribution in [0, 0.1) is 0 Å². The topological polar surface area (TPSA) is 46.2 Å². The second-order valence-electron chi connectivity index (χ2n) is 4.71. The summed E-state index contributed by atoms with van der Waals surface area (Å²) in [5.74, 6) is 0.182. The fraction of sp³-hybridized carbons (Fsp3) is 0.571. The Labute approximate surface area is 122 Å². The first-order valence-electron chi connectivity index (χ1n) is 6.83. The molecule has 0 aliphatic carbocycles. The monoisotopic (exact) mass is 301 g/mol. The van der Waals surface area contributed by atoms with Crippen LogP contribution in [0.3, 0.4) is 0 Å². The Balaban J connectivity index is 2.34. The van der Waals surface area contributed by atoms with Gasteiger partial charge in [0.25, 0.3) is 0 Å². The van der Waals surface area contributed by atoms with Crippen LogP contribution in [0.1, 0.15) is 45.4 Å². The van der Waals surface area contributed by atoms with Gasteiger partial charge >= 0.3 is 0 Å². The molecule has 0 amide bonds. The molecule has 0 spiro atoms. The van der Waals surface area contributed by atoms with E-state index in [1.807, 2.05) is 6.07 Å². The van der Waals surface area contributed by atoms with E-state index in [0.717, 1.165) is 12.8 Å². The third-order valence-electron chi connectivity index (χ3n) is 2.94. The molecule has 19 heavy (non-hydrogen) atoms. The smallest absolute Gasteiger partial charge is 0.232 e. The highest BCUT2D eigenvalue weighted by atomic mass is 32.2. The summed E-state index contributed by atoms with van der Waals surface area (Å²) in [4.78, 5) is 0.647. The lowest BCUT2D eigenvalue weighted by molar-refractivity contribution is 0.588. The van der Waals surface area contributed by atoms with Crippen molar-refractivity contribution in [3.05, 3.63) is 24.3 Å². The maximum atomic E-state index is 11.9. The number of rotatable bonds is 9. The Kier molecular flexibility index (Phi) is 7.31. The van der Waals surface area contributed by atoms with Crippen LogP contribution in [0.5, 0.6) is 0 Å². The highest BCUT2D eigenvalue weighted by Gasteiger charge is 2.11. The fourth-order valence-electron chi connectivity index (χ4n) is 1.85. The quantitative estimate of drug-likeness (QED) is 0.533. The number of hydrogen-bond acceptors (Lipinski definition) is 3. The van der Waals surface area contributed by atoms with Crippen molar-refractivity contribution in [1.82, 2.24) is 0 Å². The summed E-state index contributed by atoms with van der Waals surface area (Å²) in [6.07, 6.45) is 6.45. The second kappa shape index (κ2) is 8.48. The summed E-state index contributed by atoms with van der Waals surface area (Å²) in [5, 5.41) is 0. The van der Waals surface area contributed by atoms with Crippen LogP contribution in [0.25, 0.3) is 0 Å². The highest BCUT2D eigenvalue weighted by Crippen LogP contribution is 2.20. The summed E-state index contributed by atoms with van der Waals surface area (Å²) in [6, 6.07) is 7.11. The molecule has 0 saturated carbocycles. The zero-order chi connectivity index (χ0) is 14.1. The molecule has 0 saturated heterocycles. The minimum Gasteiger partial charge on any atom is -0.282 e. The first-order valence-corrected chi connectivity index (χ1v) is 8.93. The second-order valence-corrected chi connectivity index (χ2v) is 7.03. The van der Waals surface area contributed by atoms with Crippen LogP contribution in [0.2, 0.25) is 0 Å². The van der Waals surface area contributed by atoms with Gasteiger partial charge in [0.05, 0.1) is 11.4 Å². The predicted molar refractivity (Wildman–Crippen MR) is 84.5 cm³/mol. The maximum Gasteiger partial charge on any atom is 0.232 e. The Morgan fingerprint density at radius 1 is 1.05 bits per heavy atom. The lowest BCUT2D eigenvalue weighted by Gasteiger charge is -2.09. The van der Waals surface area contributed by atoms with E-state index in [2.05, 4.69) is 24.3 Å². The summed E-state index contributed by atoms with van der Waals surface area (Å²) < 4.78 is 26.4. The highest BCUT2D eigenvalue weighted by molar-refractivity contribution is 7.92. The zero-order valence-electron chi connectivity index (χ0n) is 11.4. The molecule has 1 rings (SSSR count). The van der Waals surface area contributed by atoms with Crippen molar-refractivity contribution in [3.63, 3.8) is 0 Å². The van der Waals surface area contributed by atoms with Gasteiger partial charge in [-0.3, -0.25) is 4.72 Å². The molecule has 0 aromatic heterocycles. The molecule has 0 bridgehead atoms. The van der Waals surface area contributed by atoms with Crippen molar-refractivity contribution < 1.29 is 8.42 Å². The van der Waals surface area contributed by atoms with Crippen LogP contribution < -0.4 is 4.72 Å². The van der Waals surface area contributed by atoms with Gasteiger partial charge in [-0.05, 0) is 18.6 Å². The van der Waals surface area contributed by atoms with E-state index in [-0.39, 0.29) is 5.75 Å². The Morgan fingerprint density at radius 2 is 1.68 bits per heavy atom. The standard InChI is InChI=1S/C14H23NO2S2/c1-2-3-4-5-6-9-12-19(16,17)15-13-10-7-8-11-14(13)18/h7-8,10-11,15,18H,2-6,9,12H2,1H3. The van der Waals surface area contributed by atoms with Crippen LogP contribution in [-0.4, -0.2) is 14.2 Å². The average Bonchev–Trinajstić information content (AvgIpc) is 2.36. The Bertz CT molecular complexity index is 472. The van der Waals surface area contributed by atoms with Gasteiger partial charge in [0.2, 0.25) is 10.0 Å². The molecule has 3 nitrogen and oxygen atoms in total.